The van der Waals surface area contributed by atoms with Gasteiger partial charge in [-0.25, -0.2) is 9.69 Å². The number of carbonyl (C=O) groups excluding carboxylic acids is 4. The molecule has 2 aromatic rings. The van der Waals surface area contributed by atoms with E-state index in [9.17, 15) is 19.2 Å². The van der Waals surface area contributed by atoms with Crippen LogP contribution in [-0.2, 0) is 14.4 Å². The van der Waals surface area contributed by atoms with Crippen LogP contribution in [0, 0.1) is 5.92 Å². The highest BCUT2D eigenvalue weighted by atomic mass is 32.2. The maximum absolute atomic E-state index is 13.8. The number of imide groups is 1. The average molecular weight is 465 g/mol. The first-order chi connectivity index (χ1) is 15.9. The van der Waals surface area contributed by atoms with Crippen LogP contribution < -0.4 is 25.4 Å². The van der Waals surface area contributed by atoms with Crippen molar-refractivity contribution in [3.63, 3.8) is 0 Å². The van der Waals surface area contributed by atoms with Gasteiger partial charge in [0.2, 0.25) is 11.8 Å². The summed E-state index contributed by atoms with van der Waals surface area (Å²) in [6.07, 6.45) is 0. The van der Waals surface area contributed by atoms with Crippen molar-refractivity contribution in [1.82, 2.24) is 5.32 Å². The first-order valence-electron chi connectivity index (χ1n) is 10.1. The van der Waals surface area contributed by atoms with Gasteiger partial charge >= 0.3 is 5.97 Å². The van der Waals surface area contributed by atoms with Crippen molar-refractivity contribution in [2.75, 3.05) is 19.1 Å². The Morgan fingerprint density at radius 2 is 1.91 bits per heavy atom. The van der Waals surface area contributed by atoms with E-state index in [2.05, 4.69) is 5.32 Å². The summed E-state index contributed by atoms with van der Waals surface area (Å²) in [6, 6.07) is 11.4. The number of nitrogens with zero attached hydrogens (tertiary/aromatic N) is 1. The lowest BCUT2D eigenvalue weighted by molar-refractivity contribution is -0.131. The van der Waals surface area contributed by atoms with Crippen LogP contribution in [0.4, 0.5) is 5.69 Å². The highest BCUT2D eigenvalue weighted by Gasteiger charge is 2.59. The van der Waals surface area contributed by atoms with E-state index in [4.69, 9.17) is 15.2 Å². The highest BCUT2D eigenvalue weighted by molar-refractivity contribution is 8.04. The number of nitrogens with two attached hydrogens (primary N) is 1. The standard InChI is InChI=1S/C23H19N3O6S/c1-25-20(27)10-7-8-14(31-2)12(9-10)26-21(28)16-15-11-5-3-4-6-13(11)32-23(30)17(15)19(24)33-18(16)22(26)29/h3-9,15-16,18H,24H2,1-2H3,(H,25,27)/t15-,16-,18+/m0/s1. The highest BCUT2D eigenvalue weighted by Crippen LogP contribution is 2.55. The second-order valence-electron chi connectivity index (χ2n) is 7.72. The van der Waals surface area contributed by atoms with Crippen molar-refractivity contribution in [3.05, 3.63) is 64.2 Å². The van der Waals surface area contributed by atoms with Gasteiger partial charge in [-0.1, -0.05) is 30.0 Å². The van der Waals surface area contributed by atoms with Crippen LogP contribution in [-0.4, -0.2) is 43.1 Å². The van der Waals surface area contributed by atoms with E-state index in [1.165, 1.54) is 26.3 Å². The fourth-order valence-electron chi connectivity index (χ4n) is 4.59. The third-order valence-electron chi connectivity index (χ3n) is 6.07. The van der Waals surface area contributed by atoms with Gasteiger partial charge in [0.1, 0.15) is 16.7 Å². The lowest BCUT2D eigenvalue weighted by Gasteiger charge is -2.36. The molecule has 0 unspecified atom stereocenters. The minimum absolute atomic E-state index is 0.162. The number of hydrogen-bond donors (Lipinski definition) is 2. The van der Waals surface area contributed by atoms with Crippen molar-refractivity contribution in [2.24, 2.45) is 11.7 Å². The molecule has 3 aliphatic rings. The molecule has 0 bridgehead atoms. The zero-order chi connectivity index (χ0) is 23.4. The number of rotatable bonds is 3. The summed E-state index contributed by atoms with van der Waals surface area (Å²) in [5.74, 6) is -2.97. The molecule has 3 heterocycles. The molecule has 3 atom stereocenters. The van der Waals surface area contributed by atoms with Crippen LogP contribution in [0.25, 0.3) is 0 Å². The van der Waals surface area contributed by atoms with E-state index in [1.807, 2.05) is 0 Å². The number of methoxy groups -OCH3 is 1. The van der Waals surface area contributed by atoms with Crippen molar-refractivity contribution >= 4 is 41.1 Å². The number of thioether (sulfide) groups is 1. The van der Waals surface area contributed by atoms with Crippen LogP contribution in [0.15, 0.2) is 53.1 Å². The first kappa shape index (κ1) is 21.1. The molecule has 9 nitrogen and oxygen atoms in total. The third kappa shape index (κ3) is 3.01. The Hall–Kier alpha value is -3.79. The normalized spacial score (nSPS) is 23.5. The molecule has 0 aliphatic carbocycles. The number of amides is 3. The Kier molecular flexibility index (Phi) is 4.89. The van der Waals surface area contributed by atoms with E-state index >= 15 is 0 Å². The summed E-state index contributed by atoms with van der Waals surface area (Å²) in [4.78, 5) is 53.2. The fraction of sp³-hybridized carbons (Fsp3) is 0.217. The molecule has 0 radical (unpaired) electrons. The van der Waals surface area contributed by atoms with Crippen LogP contribution in [0.1, 0.15) is 21.8 Å². The van der Waals surface area contributed by atoms with Gasteiger partial charge in [0, 0.05) is 24.1 Å². The maximum atomic E-state index is 13.8. The molecular weight excluding hydrogens is 446 g/mol. The maximum Gasteiger partial charge on any atom is 0.342 e. The van der Waals surface area contributed by atoms with Crippen LogP contribution in [0.2, 0.25) is 0 Å². The number of para-hydroxylation sites is 1. The number of esters is 1. The van der Waals surface area contributed by atoms with Crippen LogP contribution in [0.3, 0.4) is 0 Å². The van der Waals surface area contributed by atoms with Crippen molar-refractivity contribution in [2.45, 2.75) is 11.2 Å². The van der Waals surface area contributed by atoms with Crippen molar-refractivity contribution in [3.8, 4) is 11.5 Å². The quantitative estimate of drug-likeness (QED) is 0.397. The summed E-state index contributed by atoms with van der Waals surface area (Å²) in [5.41, 5.74) is 7.45. The third-order valence-corrected chi connectivity index (χ3v) is 7.29. The number of fused-ring (bicyclic) bond motifs is 5. The second-order valence-corrected chi connectivity index (χ2v) is 8.91. The Balaban J connectivity index is 1.65. The molecule has 168 valence electrons. The Bertz CT molecular complexity index is 1270. The number of benzene rings is 2. The van der Waals surface area contributed by atoms with E-state index < -0.39 is 34.9 Å². The van der Waals surface area contributed by atoms with Crippen LogP contribution >= 0.6 is 11.8 Å². The summed E-state index contributed by atoms with van der Waals surface area (Å²) in [6.45, 7) is 0. The monoisotopic (exact) mass is 465 g/mol. The van der Waals surface area contributed by atoms with Gasteiger partial charge in [0.15, 0.2) is 0 Å². The number of hydrogen-bond acceptors (Lipinski definition) is 8. The molecule has 10 heteroatoms. The molecule has 0 aromatic heterocycles. The van der Waals surface area contributed by atoms with Crippen molar-refractivity contribution in [1.29, 1.82) is 0 Å². The van der Waals surface area contributed by atoms with Gasteiger partial charge in [-0.2, -0.15) is 0 Å². The zero-order valence-electron chi connectivity index (χ0n) is 17.7. The zero-order valence-corrected chi connectivity index (χ0v) is 18.5. The predicted molar refractivity (Wildman–Crippen MR) is 120 cm³/mol. The Morgan fingerprint density at radius 1 is 1.15 bits per heavy atom. The molecule has 3 aliphatic heterocycles. The number of nitrogens with one attached hydrogen (secondary N) is 1. The largest absolute Gasteiger partial charge is 0.495 e. The summed E-state index contributed by atoms with van der Waals surface area (Å²) < 4.78 is 10.8. The average Bonchev–Trinajstić information content (AvgIpc) is 3.07. The molecule has 33 heavy (non-hydrogen) atoms. The van der Waals surface area contributed by atoms with Gasteiger partial charge in [-0.3, -0.25) is 14.4 Å². The number of ether oxygens (including phenoxy) is 2. The molecule has 5 rings (SSSR count). The molecule has 1 fully saturated rings. The minimum Gasteiger partial charge on any atom is -0.495 e. The van der Waals surface area contributed by atoms with Gasteiger partial charge in [0.25, 0.3) is 5.91 Å². The summed E-state index contributed by atoms with van der Waals surface area (Å²) in [5, 5.41) is 1.85. The van der Waals surface area contributed by atoms with Gasteiger partial charge < -0.3 is 20.5 Å². The second kappa shape index (κ2) is 7.66. The topological polar surface area (TPSA) is 128 Å². The molecule has 3 N–H and O–H groups in total. The van der Waals surface area contributed by atoms with E-state index in [0.29, 0.717) is 11.3 Å². The first-order valence-corrected chi connectivity index (χ1v) is 11.0. The van der Waals surface area contributed by atoms with Gasteiger partial charge in [-0.15, -0.1) is 0 Å². The number of anilines is 1. The molecular formula is C23H19N3O6S. The molecule has 3 amide bonds. The molecule has 0 spiro atoms. The predicted octanol–water partition coefficient (Wildman–Crippen LogP) is 1.53. The smallest absolute Gasteiger partial charge is 0.342 e. The van der Waals surface area contributed by atoms with Gasteiger partial charge in [-0.05, 0) is 24.3 Å². The van der Waals surface area contributed by atoms with E-state index in [-0.39, 0.29) is 33.5 Å². The molecule has 1 saturated heterocycles. The SMILES string of the molecule is CNC(=O)c1ccc(OC)c(N2C(=O)[C@@H]3[C@@H](SC(N)=C4C(=O)Oc5ccccc5[C@H]43)C2=O)c1. The van der Waals surface area contributed by atoms with Crippen molar-refractivity contribution < 1.29 is 28.7 Å². The lowest BCUT2D eigenvalue weighted by atomic mass is 9.77. The Morgan fingerprint density at radius 3 is 2.64 bits per heavy atom. The van der Waals surface area contributed by atoms with E-state index in [1.54, 1.807) is 30.3 Å². The lowest BCUT2D eigenvalue weighted by Crippen LogP contribution is -2.39. The fourth-order valence-corrected chi connectivity index (χ4v) is 5.83. The molecule has 2 aromatic carbocycles. The molecule has 0 saturated carbocycles. The van der Waals surface area contributed by atoms with E-state index in [0.717, 1.165) is 16.7 Å². The van der Waals surface area contributed by atoms with Crippen LogP contribution in [0.5, 0.6) is 11.5 Å². The summed E-state index contributed by atoms with van der Waals surface area (Å²) >= 11 is 0.984. The number of carbonyl (C=O) groups is 4. The van der Waals surface area contributed by atoms with Gasteiger partial charge in [0.05, 0.1) is 29.3 Å². The Labute approximate surface area is 192 Å². The summed E-state index contributed by atoms with van der Waals surface area (Å²) in [7, 11) is 2.90. The minimum atomic E-state index is -0.868.